The third kappa shape index (κ3) is 7.27. The van der Waals surface area contributed by atoms with Crippen LogP contribution in [0.25, 0.3) is 6.08 Å². The third-order valence-electron chi connectivity index (χ3n) is 4.65. The molecule has 3 rings (SSSR count). The van der Waals surface area contributed by atoms with Gasteiger partial charge in [-0.15, -0.1) is 0 Å². The smallest absolute Gasteiger partial charge is 0.269 e. The van der Waals surface area contributed by atoms with Gasteiger partial charge in [0.2, 0.25) is 0 Å². The lowest BCUT2D eigenvalue weighted by molar-refractivity contribution is -0.384. The fourth-order valence-corrected chi connectivity index (χ4v) is 4.75. The Morgan fingerprint density at radius 2 is 1.86 bits per heavy atom. The van der Waals surface area contributed by atoms with Crippen molar-refractivity contribution in [3.8, 4) is 17.6 Å². The van der Waals surface area contributed by atoms with Crippen molar-refractivity contribution in [2.75, 3.05) is 11.9 Å². The first-order valence-corrected chi connectivity index (χ1v) is 12.2. The van der Waals surface area contributed by atoms with Gasteiger partial charge in [0, 0.05) is 17.8 Å². The molecule has 1 amide bonds. The molecule has 0 radical (unpaired) electrons. The van der Waals surface area contributed by atoms with Gasteiger partial charge in [0.25, 0.3) is 11.6 Å². The molecular formula is C25H19BrIN3O5. The largest absolute Gasteiger partial charge is 0.494 e. The van der Waals surface area contributed by atoms with Crippen molar-refractivity contribution in [3.05, 3.63) is 95.5 Å². The molecule has 10 heteroatoms. The van der Waals surface area contributed by atoms with Gasteiger partial charge in [-0.3, -0.25) is 14.9 Å². The summed E-state index contributed by atoms with van der Waals surface area (Å²) < 4.78 is 12.7. The highest BCUT2D eigenvalue weighted by molar-refractivity contribution is 14.1. The lowest BCUT2D eigenvalue weighted by Gasteiger charge is -2.12. The predicted molar refractivity (Wildman–Crippen MR) is 144 cm³/mol. The Hall–Kier alpha value is -3.43. The number of carbonyl (C=O) groups excluding carboxylic acids is 1. The number of hydrogen-bond donors (Lipinski definition) is 1. The zero-order valence-electron chi connectivity index (χ0n) is 18.5. The first kappa shape index (κ1) is 26.2. The van der Waals surface area contributed by atoms with Gasteiger partial charge in [0.1, 0.15) is 29.7 Å². The average Bonchev–Trinajstić information content (AvgIpc) is 2.83. The maximum absolute atomic E-state index is 12.6. The average molecular weight is 648 g/mol. The Morgan fingerprint density at radius 1 is 1.17 bits per heavy atom. The molecule has 0 aliphatic rings. The summed E-state index contributed by atoms with van der Waals surface area (Å²) in [7, 11) is 0. The molecule has 0 fully saturated rings. The Morgan fingerprint density at radius 3 is 2.43 bits per heavy atom. The Bertz CT molecular complexity index is 1280. The number of hydrogen-bond acceptors (Lipinski definition) is 6. The molecule has 0 saturated carbocycles. The van der Waals surface area contributed by atoms with Crippen molar-refractivity contribution in [1.29, 1.82) is 5.26 Å². The molecular weight excluding hydrogens is 629 g/mol. The normalized spacial score (nSPS) is 10.9. The second-order valence-corrected chi connectivity index (χ2v) is 9.12. The Kier molecular flexibility index (Phi) is 9.22. The van der Waals surface area contributed by atoms with Gasteiger partial charge in [0.05, 0.1) is 19.6 Å². The summed E-state index contributed by atoms with van der Waals surface area (Å²) in [5.41, 5.74) is 1.93. The van der Waals surface area contributed by atoms with Crippen LogP contribution in [0.15, 0.2) is 70.7 Å². The van der Waals surface area contributed by atoms with Gasteiger partial charge in [-0.2, -0.15) is 5.26 Å². The summed E-state index contributed by atoms with van der Waals surface area (Å²) in [6, 6.07) is 18.5. The highest BCUT2D eigenvalue weighted by atomic mass is 127. The van der Waals surface area contributed by atoms with Crippen molar-refractivity contribution in [1.82, 2.24) is 0 Å². The van der Waals surface area contributed by atoms with Crippen LogP contribution in [-0.4, -0.2) is 17.4 Å². The number of benzene rings is 3. The third-order valence-corrected chi connectivity index (χ3v) is 6.04. The highest BCUT2D eigenvalue weighted by Gasteiger charge is 2.13. The number of nitrogens with zero attached hydrogens (tertiary/aromatic N) is 2. The fourth-order valence-electron chi connectivity index (χ4n) is 2.98. The van der Waals surface area contributed by atoms with Crippen LogP contribution >= 0.6 is 38.5 Å². The zero-order valence-corrected chi connectivity index (χ0v) is 22.2. The maximum atomic E-state index is 12.6. The maximum Gasteiger partial charge on any atom is 0.269 e. The molecule has 0 atom stereocenters. The number of ether oxygens (including phenoxy) is 2. The molecule has 0 saturated heterocycles. The minimum atomic E-state index is -0.527. The van der Waals surface area contributed by atoms with E-state index in [-0.39, 0.29) is 17.9 Å². The number of nitrogens with one attached hydrogen (secondary N) is 1. The van der Waals surface area contributed by atoms with E-state index in [0.29, 0.717) is 33.8 Å². The summed E-state index contributed by atoms with van der Waals surface area (Å²) in [5.74, 6) is 0.747. The second-order valence-electron chi connectivity index (χ2n) is 7.11. The van der Waals surface area contributed by atoms with Crippen molar-refractivity contribution >= 4 is 61.9 Å². The van der Waals surface area contributed by atoms with Crippen LogP contribution in [0, 0.1) is 25.0 Å². The molecule has 0 aliphatic carbocycles. The SMILES string of the molecule is CCOc1ccc(NC(=O)/C(C#N)=C\c2cc(Br)c(OCc3ccc([N+](=O)[O-])cc3)c(I)c2)cc1. The van der Waals surface area contributed by atoms with E-state index < -0.39 is 10.8 Å². The fraction of sp³-hybridized carbons (Fsp3) is 0.120. The summed E-state index contributed by atoms with van der Waals surface area (Å²) in [6.45, 7) is 2.65. The summed E-state index contributed by atoms with van der Waals surface area (Å²) in [4.78, 5) is 22.9. The lowest BCUT2D eigenvalue weighted by Crippen LogP contribution is -2.13. The summed E-state index contributed by atoms with van der Waals surface area (Å²) in [6.07, 6.45) is 1.50. The second kappa shape index (κ2) is 12.3. The predicted octanol–water partition coefficient (Wildman–Crippen LogP) is 6.49. The minimum absolute atomic E-state index is 0.0144. The Balaban J connectivity index is 1.71. The highest BCUT2D eigenvalue weighted by Crippen LogP contribution is 2.33. The van der Waals surface area contributed by atoms with Crippen molar-refractivity contribution in [2.24, 2.45) is 0 Å². The van der Waals surface area contributed by atoms with Gasteiger partial charge < -0.3 is 14.8 Å². The van der Waals surface area contributed by atoms with E-state index in [2.05, 4.69) is 43.8 Å². The van der Waals surface area contributed by atoms with Crippen molar-refractivity contribution in [2.45, 2.75) is 13.5 Å². The Labute approximate surface area is 224 Å². The molecule has 0 aromatic heterocycles. The quantitative estimate of drug-likeness (QED) is 0.0934. The number of carbonyl (C=O) groups is 1. The molecule has 35 heavy (non-hydrogen) atoms. The zero-order chi connectivity index (χ0) is 25.4. The van der Waals surface area contributed by atoms with E-state index in [0.717, 1.165) is 9.13 Å². The molecule has 0 heterocycles. The number of anilines is 1. The molecule has 0 unspecified atom stereocenters. The van der Waals surface area contributed by atoms with Crippen molar-refractivity contribution in [3.63, 3.8) is 0 Å². The van der Waals surface area contributed by atoms with Crippen LogP contribution in [0.2, 0.25) is 0 Å². The molecule has 8 nitrogen and oxygen atoms in total. The first-order chi connectivity index (χ1) is 16.8. The van der Waals surface area contributed by atoms with Crippen molar-refractivity contribution < 1.29 is 19.2 Å². The van der Waals surface area contributed by atoms with E-state index in [1.807, 2.05) is 13.0 Å². The molecule has 0 spiro atoms. The summed E-state index contributed by atoms with van der Waals surface area (Å²) >= 11 is 5.58. The number of rotatable bonds is 9. The van der Waals surface area contributed by atoms with Crippen LogP contribution in [0.1, 0.15) is 18.1 Å². The van der Waals surface area contributed by atoms with Gasteiger partial charge in [0.15, 0.2) is 0 Å². The van der Waals surface area contributed by atoms with Gasteiger partial charge in [-0.05, 0) is 111 Å². The topological polar surface area (TPSA) is 114 Å². The minimum Gasteiger partial charge on any atom is -0.494 e. The monoisotopic (exact) mass is 647 g/mol. The summed E-state index contributed by atoms with van der Waals surface area (Å²) in [5, 5.41) is 23.0. The number of amides is 1. The number of nitro benzene ring substituents is 1. The molecule has 0 aliphatic heterocycles. The van der Waals surface area contributed by atoms with Crippen LogP contribution in [0.4, 0.5) is 11.4 Å². The van der Waals surface area contributed by atoms with Gasteiger partial charge >= 0.3 is 0 Å². The van der Waals surface area contributed by atoms with Gasteiger partial charge in [-0.1, -0.05) is 0 Å². The van der Waals surface area contributed by atoms with Crippen LogP contribution < -0.4 is 14.8 Å². The van der Waals surface area contributed by atoms with E-state index in [1.54, 1.807) is 48.5 Å². The molecule has 3 aromatic rings. The van der Waals surface area contributed by atoms with Crippen LogP contribution in [-0.2, 0) is 11.4 Å². The first-order valence-electron chi connectivity index (χ1n) is 10.3. The van der Waals surface area contributed by atoms with E-state index in [9.17, 15) is 20.2 Å². The van der Waals surface area contributed by atoms with E-state index >= 15 is 0 Å². The lowest BCUT2D eigenvalue weighted by atomic mass is 10.1. The van der Waals surface area contributed by atoms with Crippen LogP contribution in [0.5, 0.6) is 11.5 Å². The standard InChI is InChI=1S/C25H19BrIN3O5/c1-2-34-21-9-5-19(6-10-21)29-25(31)18(14-28)11-17-12-22(26)24(23(27)13-17)35-15-16-3-7-20(8-4-16)30(32)33/h3-13H,2,15H2,1H3,(H,29,31)/b18-11-. The van der Waals surface area contributed by atoms with E-state index in [1.165, 1.54) is 18.2 Å². The molecule has 1 N–H and O–H groups in total. The molecule has 0 bridgehead atoms. The molecule has 3 aromatic carbocycles. The number of nitriles is 1. The number of nitro groups is 1. The molecule has 178 valence electrons. The number of non-ortho nitro benzene ring substituents is 1. The van der Waals surface area contributed by atoms with Crippen LogP contribution in [0.3, 0.4) is 0 Å². The number of halogens is 2. The van der Waals surface area contributed by atoms with Gasteiger partial charge in [-0.25, -0.2) is 0 Å². The van der Waals surface area contributed by atoms with E-state index in [4.69, 9.17) is 9.47 Å².